The Morgan fingerprint density at radius 1 is 0.960 bits per heavy atom. The van der Waals surface area contributed by atoms with Crippen LogP contribution < -0.4 is 9.47 Å². The zero-order valence-electron chi connectivity index (χ0n) is 15.0. The van der Waals surface area contributed by atoms with Gasteiger partial charge < -0.3 is 14.5 Å². The molecule has 0 unspecified atom stereocenters. The van der Waals surface area contributed by atoms with Gasteiger partial charge in [-0.15, -0.1) is 0 Å². The van der Waals surface area contributed by atoms with E-state index in [1.165, 1.54) is 57.5 Å². The van der Waals surface area contributed by atoms with Crippen molar-refractivity contribution in [2.45, 2.75) is 58.3 Å². The molecule has 0 saturated carbocycles. The van der Waals surface area contributed by atoms with Crippen LogP contribution in [0, 0.1) is 0 Å². The molecule has 5 nitrogen and oxygen atoms in total. The van der Waals surface area contributed by atoms with Crippen LogP contribution in [0.2, 0.25) is 0 Å². The van der Waals surface area contributed by atoms with Gasteiger partial charge in [0.1, 0.15) is 17.2 Å². The number of imidazole rings is 1. The van der Waals surface area contributed by atoms with E-state index in [0.717, 1.165) is 18.8 Å². The molecule has 0 spiro atoms. The zero-order valence-corrected chi connectivity index (χ0v) is 15.0. The highest BCUT2D eigenvalue weighted by Crippen LogP contribution is 2.19. The van der Waals surface area contributed by atoms with Crippen LogP contribution >= 0.6 is 0 Å². The highest BCUT2D eigenvalue weighted by molar-refractivity contribution is 5.88. The van der Waals surface area contributed by atoms with Crippen molar-refractivity contribution in [2.24, 2.45) is 0 Å². The Hall–Kier alpha value is -2.30. The second kappa shape index (κ2) is 11.3. The van der Waals surface area contributed by atoms with Gasteiger partial charge in [-0.1, -0.05) is 51.9 Å². The highest BCUT2D eigenvalue weighted by Gasteiger charge is 2.09. The maximum atomic E-state index is 11.8. The second-order valence-corrected chi connectivity index (χ2v) is 6.15. The normalized spacial score (nSPS) is 10.6. The molecule has 0 fully saturated rings. The first-order chi connectivity index (χ1) is 12.3. The van der Waals surface area contributed by atoms with E-state index in [1.54, 1.807) is 12.1 Å². The zero-order chi connectivity index (χ0) is 17.7. The predicted molar refractivity (Wildman–Crippen MR) is 98.1 cm³/mol. The van der Waals surface area contributed by atoms with Crippen molar-refractivity contribution < 1.29 is 14.3 Å². The highest BCUT2D eigenvalue weighted by atomic mass is 16.5. The summed E-state index contributed by atoms with van der Waals surface area (Å²) in [6.07, 6.45) is 13.2. The summed E-state index contributed by atoms with van der Waals surface area (Å²) in [5.41, 5.74) is 0.329. The third-order valence-electron chi connectivity index (χ3n) is 4.02. The third-order valence-corrected chi connectivity index (χ3v) is 4.02. The first-order valence-corrected chi connectivity index (χ1v) is 9.23. The Balaban J connectivity index is 1.58. The molecule has 0 atom stereocenters. The summed E-state index contributed by atoms with van der Waals surface area (Å²) >= 11 is 0. The van der Waals surface area contributed by atoms with Crippen LogP contribution in [-0.2, 0) is 0 Å². The molecule has 1 aromatic carbocycles. The van der Waals surface area contributed by atoms with E-state index in [0.29, 0.717) is 11.4 Å². The molecule has 0 amide bonds. The summed E-state index contributed by atoms with van der Waals surface area (Å²) in [5.74, 6) is 0.827. The van der Waals surface area contributed by atoms with Crippen LogP contribution in [0.25, 0.3) is 0 Å². The van der Waals surface area contributed by atoms with Crippen LogP contribution in [0.1, 0.15) is 68.8 Å². The fourth-order valence-corrected chi connectivity index (χ4v) is 2.56. The maximum Gasteiger partial charge on any atom is 0.361 e. The number of nitrogens with one attached hydrogen (secondary N) is 1. The number of hydrogen-bond donors (Lipinski definition) is 1. The monoisotopic (exact) mass is 344 g/mol. The number of benzene rings is 1. The van der Waals surface area contributed by atoms with Crippen LogP contribution in [-0.4, -0.2) is 22.5 Å². The van der Waals surface area contributed by atoms with Gasteiger partial charge in [-0.2, -0.15) is 0 Å². The van der Waals surface area contributed by atoms with Crippen LogP contribution in [0.4, 0.5) is 0 Å². The van der Waals surface area contributed by atoms with E-state index in [-0.39, 0.29) is 0 Å². The molecular formula is C20H28N2O3. The van der Waals surface area contributed by atoms with E-state index in [4.69, 9.17) is 9.47 Å². The minimum Gasteiger partial charge on any atom is -0.494 e. The number of unbranched alkanes of at least 4 members (excludes halogenated alkanes) is 7. The Labute approximate surface area is 149 Å². The average molecular weight is 344 g/mol. The maximum absolute atomic E-state index is 11.8. The van der Waals surface area contributed by atoms with Gasteiger partial charge in [0.2, 0.25) is 0 Å². The number of hydrogen-bond acceptors (Lipinski definition) is 4. The molecule has 1 heterocycles. The van der Waals surface area contributed by atoms with Crippen molar-refractivity contribution >= 4 is 5.97 Å². The van der Waals surface area contributed by atoms with Gasteiger partial charge in [-0.3, -0.25) is 0 Å². The molecule has 0 bridgehead atoms. The lowest BCUT2D eigenvalue weighted by molar-refractivity contribution is 0.0729. The number of nitrogens with zero attached hydrogens (tertiary/aromatic N) is 1. The number of aromatic nitrogens is 2. The molecule has 0 aliphatic rings. The number of H-pyrrole nitrogens is 1. The molecule has 1 N–H and O–H groups in total. The van der Waals surface area contributed by atoms with Crippen molar-refractivity contribution in [1.29, 1.82) is 0 Å². The topological polar surface area (TPSA) is 64.2 Å². The van der Waals surface area contributed by atoms with Gasteiger partial charge in [-0.05, 0) is 30.7 Å². The molecule has 5 heteroatoms. The van der Waals surface area contributed by atoms with E-state index >= 15 is 0 Å². The van der Waals surface area contributed by atoms with E-state index in [1.807, 2.05) is 12.1 Å². The van der Waals surface area contributed by atoms with Gasteiger partial charge in [0.15, 0.2) is 0 Å². The van der Waals surface area contributed by atoms with Gasteiger partial charge in [-0.25, -0.2) is 9.78 Å². The standard InChI is InChI=1S/C20H28N2O3/c1-2-3-4-5-6-7-8-9-14-24-17-10-12-18(13-11-17)25-20(23)19-15-21-16-22-19/h10-13,15-16H,2-9,14H2,1H3,(H,21,22). The minimum atomic E-state index is -0.454. The fraction of sp³-hybridized carbons (Fsp3) is 0.500. The average Bonchev–Trinajstić information content (AvgIpc) is 3.16. The van der Waals surface area contributed by atoms with Crippen LogP contribution in [0.3, 0.4) is 0 Å². The Morgan fingerprint density at radius 3 is 2.24 bits per heavy atom. The minimum absolute atomic E-state index is 0.329. The predicted octanol–water partition coefficient (Wildman–Crippen LogP) is 5.15. The number of carbonyl (C=O) groups excluding carboxylic acids is 1. The number of ether oxygens (including phenoxy) is 2. The van der Waals surface area contributed by atoms with Gasteiger partial charge >= 0.3 is 5.97 Å². The fourth-order valence-electron chi connectivity index (χ4n) is 2.56. The van der Waals surface area contributed by atoms with E-state index in [9.17, 15) is 4.79 Å². The van der Waals surface area contributed by atoms with Crippen molar-refractivity contribution in [3.05, 3.63) is 42.5 Å². The molecule has 2 rings (SSSR count). The lowest BCUT2D eigenvalue weighted by Crippen LogP contribution is -2.08. The Kier molecular flexibility index (Phi) is 8.59. The van der Waals surface area contributed by atoms with Crippen LogP contribution in [0.15, 0.2) is 36.8 Å². The molecule has 0 aliphatic carbocycles. The first kappa shape index (κ1) is 19.0. The summed E-state index contributed by atoms with van der Waals surface area (Å²) in [5, 5.41) is 0. The second-order valence-electron chi connectivity index (χ2n) is 6.15. The quantitative estimate of drug-likeness (QED) is 0.328. The molecule has 2 aromatic rings. The lowest BCUT2D eigenvalue weighted by Gasteiger charge is -2.07. The first-order valence-electron chi connectivity index (χ1n) is 9.23. The largest absolute Gasteiger partial charge is 0.494 e. The molecule has 136 valence electrons. The smallest absolute Gasteiger partial charge is 0.361 e. The number of aromatic amines is 1. The Bertz CT molecular complexity index is 594. The molecule has 1 aromatic heterocycles. The summed E-state index contributed by atoms with van der Waals surface area (Å²) in [6, 6.07) is 7.11. The van der Waals surface area contributed by atoms with Crippen molar-refractivity contribution in [1.82, 2.24) is 9.97 Å². The number of carbonyl (C=O) groups is 1. The summed E-state index contributed by atoms with van der Waals surface area (Å²) in [4.78, 5) is 18.3. The third kappa shape index (κ3) is 7.42. The van der Waals surface area contributed by atoms with E-state index in [2.05, 4.69) is 16.9 Å². The number of esters is 1. The van der Waals surface area contributed by atoms with Gasteiger partial charge in [0, 0.05) is 0 Å². The Morgan fingerprint density at radius 2 is 1.60 bits per heavy atom. The molecule has 0 saturated heterocycles. The molecule has 25 heavy (non-hydrogen) atoms. The van der Waals surface area contributed by atoms with Gasteiger partial charge in [0.05, 0.1) is 19.1 Å². The molecule has 0 aliphatic heterocycles. The molecule has 0 radical (unpaired) electrons. The summed E-state index contributed by atoms with van der Waals surface area (Å²) in [7, 11) is 0. The van der Waals surface area contributed by atoms with Gasteiger partial charge in [0.25, 0.3) is 0 Å². The van der Waals surface area contributed by atoms with Crippen molar-refractivity contribution in [3.8, 4) is 11.5 Å². The van der Waals surface area contributed by atoms with Crippen molar-refractivity contribution in [2.75, 3.05) is 6.61 Å². The summed E-state index contributed by atoms with van der Waals surface area (Å²) < 4.78 is 11.0. The lowest BCUT2D eigenvalue weighted by atomic mass is 10.1. The summed E-state index contributed by atoms with van der Waals surface area (Å²) in [6.45, 7) is 2.97. The molecular weight excluding hydrogens is 316 g/mol. The number of rotatable bonds is 12. The SMILES string of the molecule is CCCCCCCCCCOc1ccc(OC(=O)c2cnc[nH]2)cc1. The van der Waals surface area contributed by atoms with Crippen molar-refractivity contribution in [3.63, 3.8) is 0 Å². The van der Waals surface area contributed by atoms with E-state index < -0.39 is 5.97 Å². The van der Waals surface area contributed by atoms with Crippen LogP contribution in [0.5, 0.6) is 11.5 Å².